The van der Waals surface area contributed by atoms with Crippen LogP contribution in [-0.2, 0) is 32.6 Å². The van der Waals surface area contributed by atoms with Gasteiger partial charge in [-0.1, -0.05) is 103 Å². The Balaban J connectivity index is 1.82. The van der Waals surface area contributed by atoms with E-state index in [2.05, 4.69) is 5.32 Å². The van der Waals surface area contributed by atoms with E-state index in [1.807, 2.05) is 74.5 Å². The van der Waals surface area contributed by atoms with Gasteiger partial charge in [-0.2, -0.15) is 0 Å². The number of nitrogens with one attached hydrogen (secondary N) is 1. The molecule has 10 heteroatoms. The molecule has 43 heavy (non-hydrogen) atoms. The molecule has 2 amide bonds. The van der Waals surface area contributed by atoms with Crippen LogP contribution >= 0.6 is 23.2 Å². The van der Waals surface area contributed by atoms with E-state index in [9.17, 15) is 18.0 Å². The van der Waals surface area contributed by atoms with Gasteiger partial charge in [-0.15, -0.1) is 0 Å². The lowest BCUT2D eigenvalue weighted by atomic mass is 10.0. The molecular formula is C33H35Cl2N3O4S. The highest BCUT2D eigenvalue weighted by molar-refractivity contribution is 7.92. The largest absolute Gasteiger partial charge is 0.352 e. The fraction of sp³-hybridized carbons (Fsp3) is 0.273. The minimum atomic E-state index is -3.92. The number of sulfonamides is 1. The molecule has 4 aromatic carbocycles. The number of rotatable bonds is 12. The van der Waals surface area contributed by atoms with Gasteiger partial charge in [0.15, 0.2) is 0 Å². The predicted molar refractivity (Wildman–Crippen MR) is 175 cm³/mol. The summed E-state index contributed by atoms with van der Waals surface area (Å²) >= 11 is 13.1. The van der Waals surface area contributed by atoms with E-state index >= 15 is 0 Å². The Bertz CT molecular complexity index is 1670. The first-order valence-electron chi connectivity index (χ1n) is 14.0. The minimum Gasteiger partial charge on any atom is -0.352 e. The SMILES string of the molecule is CC[C@@H](C)NC(=O)[C@@H](Cc1ccccc1)N(Cc1c(Cl)cccc1Cl)C(=O)CN(c1cccc2ccccc12)S(C)(=O)=O. The highest BCUT2D eigenvalue weighted by atomic mass is 35.5. The van der Waals surface area contributed by atoms with E-state index in [1.165, 1.54) is 4.90 Å². The van der Waals surface area contributed by atoms with Gasteiger partial charge in [0.05, 0.1) is 11.9 Å². The second-order valence-corrected chi connectivity index (χ2v) is 13.2. The monoisotopic (exact) mass is 639 g/mol. The van der Waals surface area contributed by atoms with Crippen molar-refractivity contribution in [3.8, 4) is 0 Å². The average Bonchev–Trinajstić information content (AvgIpc) is 2.98. The summed E-state index contributed by atoms with van der Waals surface area (Å²) in [5.41, 5.74) is 1.67. The second kappa shape index (κ2) is 14.3. The molecule has 0 aliphatic carbocycles. The predicted octanol–water partition coefficient (Wildman–Crippen LogP) is 6.47. The topological polar surface area (TPSA) is 86.8 Å². The van der Waals surface area contributed by atoms with Gasteiger partial charge in [0.1, 0.15) is 12.6 Å². The van der Waals surface area contributed by atoms with Gasteiger partial charge in [0.2, 0.25) is 21.8 Å². The van der Waals surface area contributed by atoms with Crippen LogP contribution in [0.15, 0.2) is 91.0 Å². The Morgan fingerprint density at radius 2 is 1.47 bits per heavy atom. The maximum atomic E-state index is 14.4. The van der Waals surface area contributed by atoms with E-state index in [-0.39, 0.29) is 24.9 Å². The molecule has 4 aromatic rings. The average molecular weight is 641 g/mol. The fourth-order valence-corrected chi connectivity index (χ4v) is 6.25. The summed E-state index contributed by atoms with van der Waals surface area (Å²) in [6.45, 7) is 3.21. The van der Waals surface area contributed by atoms with E-state index < -0.39 is 28.5 Å². The number of carbonyl (C=O) groups is 2. The molecule has 226 valence electrons. The third-order valence-electron chi connectivity index (χ3n) is 7.38. The third-order valence-corrected chi connectivity index (χ3v) is 9.21. The van der Waals surface area contributed by atoms with Crippen molar-refractivity contribution in [2.24, 2.45) is 0 Å². The molecule has 0 fully saturated rings. The molecule has 7 nitrogen and oxygen atoms in total. The Labute approximate surface area is 263 Å². The number of carbonyl (C=O) groups excluding carboxylic acids is 2. The summed E-state index contributed by atoms with van der Waals surface area (Å²) in [6.07, 6.45) is 1.95. The molecule has 0 heterocycles. The van der Waals surface area contributed by atoms with Crippen LogP contribution in [0, 0.1) is 0 Å². The van der Waals surface area contributed by atoms with Gasteiger partial charge in [-0.25, -0.2) is 8.42 Å². The van der Waals surface area contributed by atoms with Crippen molar-refractivity contribution in [1.29, 1.82) is 0 Å². The molecule has 0 aromatic heterocycles. The smallest absolute Gasteiger partial charge is 0.244 e. The molecule has 0 saturated carbocycles. The van der Waals surface area contributed by atoms with E-state index in [0.29, 0.717) is 33.1 Å². The Morgan fingerprint density at radius 3 is 2.12 bits per heavy atom. The number of hydrogen-bond acceptors (Lipinski definition) is 4. The van der Waals surface area contributed by atoms with Crippen molar-refractivity contribution in [2.75, 3.05) is 17.1 Å². The fourth-order valence-electron chi connectivity index (χ4n) is 4.87. The first kappa shape index (κ1) is 32.3. The first-order valence-corrected chi connectivity index (χ1v) is 16.6. The number of fused-ring (bicyclic) bond motifs is 1. The molecule has 0 unspecified atom stereocenters. The molecule has 1 N–H and O–H groups in total. The lowest BCUT2D eigenvalue weighted by molar-refractivity contribution is -0.140. The van der Waals surface area contributed by atoms with Gasteiger partial charge in [-0.3, -0.25) is 13.9 Å². The standard InChI is InChI=1S/C33H35Cl2N3O4S/c1-4-23(2)36-33(40)31(20-24-12-6-5-7-13-24)37(21-27-28(34)17-11-18-29(27)35)32(39)22-38(43(3,41)42)30-19-10-15-25-14-8-9-16-26(25)30/h5-19,23,31H,4,20-22H2,1-3H3,(H,36,40)/t23-,31-/m1/s1. The lowest BCUT2D eigenvalue weighted by Crippen LogP contribution is -2.54. The summed E-state index contributed by atoms with van der Waals surface area (Å²) in [5, 5.41) is 5.19. The molecule has 0 bridgehead atoms. The van der Waals surface area contributed by atoms with Crippen molar-refractivity contribution >= 4 is 61.5 Å². The number of anilines is 1. The van der Waals surface area contributed by atoms with Crippen LogP contribution in [0.1, 0.15) is 31.4 Å². The summed E-state index contributed by atoms with van der Waals surface area (Å²) in [4.78, 5) is 29.6. The van der Waals surface area contributed by atoms with Crippen LogP contribution < -0.4 is 9.62 Å². The normalized spacial score (nSPS) is 12.9. The van der Waals surface area contributed by atoms with Crippen LogP contribution in [0.5, 0.6) is 0 Å². The van der Waals surface area contributed by atoms with Gasteiger partial charge >= 0.3 is 0 Å². The number of hydrogen-bond donors (Lipinski definition) is 1. The minimum absolute atomic E-state index is 0.101. The summed E-state index contributed by atoms with van der Waals surface area (Å²) in [6, 6.07) is 25.9. The number of halogens is 2. The van der Waals surface area contributed by atoms with Gasteiger partial charge < -0.3 is 10.2 Å². The first-order chi connectivity index (χ1) is 20.5. The second-order valence-electron chi connectivity index (χ2n) is 10.5. The maximum absolute atomic E-state index is 14.4. The van der Waals surface area contributed by atoms with Gasteiger partial charge in [0.25, 0.3) is 0 Å². The van der Waals surface area contributed by atoms with E-state index in [4.69, 9.17) is 23.2 Å². The molecule has 0 spiro atoms. The van der Waals surface area contributed by atoms with E-state index in [0.717, 1.165) is 21.5 Å². The molecule has 0 saturated heterocycles. The zero-order valence-corrected chi connectivity index (χ0v) is 26.7. The quantitative estimate of drug-likeness (QED) is 0.193. The highest BCUT2D eigenvalue weighted by Gasteiger charge is 2.34. The van der Waals surface area contributed by atoms with Crippen molar-refractivity contribution in [3.63, 3.8) is 0 Å². The summed E-state index contributed by atoms with van der Waals surface area (Å²) < 4.78 is 27.5. The van der Waals surface area contributed by atoms with Crippen molar-refractivity contribution < 1.29 is 18.0 Å². The van der Waals surface area contributed by atoms with Crippen molar-refractivity contribution in [1.82, 2.24) is 10.2 Å². The highest BCUT2D eigenvalue weighted by Crippen LogP contribution is 2.30. The molecular weight excluding hydrogens is 605 g/mol. The van der Waals surface area contributed by atoms with Gasteiger partial charge in [-0.05, 0) is 42.5 Å². The van der Waals surface area contributed by atoms with Crippen LogP contribution in [0.2, 0.25) is 10.0 Å². The molecule has 4 rings (SSSR count). The summed E-state index contributed by atoms with van der Waals surface area (Å²) in [5.74, 6) is -0.930. The Morgan fingerprint density at radius 1 is 0.860 bits per heavy atom. The Hall–Kier alpha value is -3.59. The maximum Gasteiger partial charge on any atom is 0.244 e. The number of benzene rings is 4. The van der Waals surface area contributed by atoms with Crippen molar-refractivity contribution in [3.05, 3.63) is 112 Å². The number of amides is 2. The molecule has 0 aliphatic rings. The van der Waals surface area contributed by atoms with Crippen LogP contribution in [0.4, 0.5) is 5.69 Å². The lowest BCUT2D eigenvalue weighted by Gasteiger charge is -2.34. The van der Waals surface area contributed by atoms with Crippen LogP contribution in [0.25, 0.3) is 10.8 Å². The number of nitrogens with zero attached hydrogens (tertiary/aromatic N) is 2. The Kier molecular flexibility index (Phi) is 10.7. The molecule has 2 atom stereocenters. The van der Waals surface area contributed by atoms with Crippen LogP contribution in [0.3, 0.4) is 0 Å². The zero-order chi connectivity index (χ0) is 31.1. The molecule has 0 aliphatic heterocycles. The zero-order valence-electron chi connectivity index (χ0n) is 24.3. The summed E-state index contributed by atoms with van der Waals surface area (Å²) in [7, 11) is -3.92. The van der Waals surface area contributed by atoms with Crippen molar-refractivity contribution in [2.45, 2.75) is 45.3 Å². The van der Waals surface area contributed by atoms with Crippen LogP contribution in [-0.4, -0.2) is 50.0 Å². The van der Waals surface area contributed by atoms with Gasteiger partial charge in [0, 0.05) is 40.0 Å². The third kappa shape index (κ3) is 8.07. The molecule has 0 radical (unpaired) electrons. The van der Waals surface area contributed by atoms with E-state index in [1.54, 1.807) is 30.3 Å².